The summed E-state index contributed by atoms with van der Waals surface area (Å²) in [5, 5.41) is 6.00. The summed E-state index contributed by atoms with van der Waals surface area (Å²) in [5.41, 5.74) is 0.657. The van der Waals surface area contributed by atoms with Crippen LogP contribution < -0.4 is 5.32 Å². The van der Waals surface area contributed by atoms with Crippen LogP contribution in [0.3, 0.4) is 0 Å². The number of hydroxylamine groups is 2. The maximum atomic E-state index is 6.12. The smallest absolute Gasteiger partial charge is 0.223 e. The molecule has 104 valence electrons. The van der Waals surface area contributed by atoms with Gasteiger partial charge in [0.05, 0.1) is 35.4 Å². The van der Waals surface area contributed by atoms with Crippen molar-refractivity contribution < 1.29 is 4.84 Å². The molecular formula is C12H15Cl2N3OS. The molecule has 0 spiro atoms. The van der Waals surface area contributed by atoms with E-state index in [2.05, 4.69) is 10.3 Å². The number of anilines is 1. The number of rotatable bonds is 5. The summed E-state index contributed by atoms with van der Waals surface area (Å²) >= 11 is 14.0. The number of thioether (sulfide) groups is 1. The first kappa shape index (κ1) is 14.8. The maximum absolute atomic E-state index is 6.12. The molecule has 1 aromatic carbocycles. The highest BCUT2D eigenvalue weighted by atomic mass is 35.5. The van der Waals surface area contributed by atoms with Crippen molar-refractivity contribution in [2.45, 2.75) is 0 Å². The Morgan fingerprint density at radius 3 is 2.84 bits per heavy atom. The van der Waals surface area contributed by atoms with Gasteiger partial charge in [-0.1, -0.05) is 29.3 Å². The maximum Gasteiger partial charge on any atom is 0.223 e. The highest BCUT2D eigenvalue weighted by molar-refractivity contribution is 7.98. The van der Waals surface area contributed by atoms with Gasteiger partial charge in [-0.2, -0.15) is 11.8 Å². The molecule has 0 bridgehead atoms. The second-order valence-electron chi connectivity index (χ2n) is 3.86. The molecule has 1 heterocycles. The summed E-state index contributed by atoms with van der Waals surface area (Å²) < 4.78 is 0. The number of nitrogens with zero attached hydrogens (tertiary/aromatic N) is 2. The largest absolute Gasteiger partial charge is 0.322 e. The zero-order valence-corrected chi connectivity index (χ0v) is 12.9. The fraction of sp³-hybridized carbons (Fsp3) is 0.417. The first-order valence-corrected chi connectivity index (χ1v) is 8.02. The Bertz CT molecular complexity index is 450. The number of aliphatic imine (C=N–C) groups is 1. The number of nitrogens with one attached hydrogen (secondary N) is 1. The van der Waals surface area contributed by atoms with E-state index in [1.807, 2.05) is 6.26 Å². The normalized spacial score (nSPS) is 14.7. The van der Waals surface area contributed by atoms with Gasteiger partial charge in [-0.25, -0.2) is 10.1 Å². The minimum absolute atomic E-state index is 0.561. The van der Waals surface area contributed by atoms with Crippen LogP contribution in [0.5, 0.6) is 0 Å². The van der Waals surface area contributed by atoms with Gasteiger partial charge in [-0.3, -0.25) is 4.84 Å². The molecule has 0 radical (unpaired) electrons. The molecule has 19 heavy (non-hydrogen) atoms. The van der Waals surface area contributed by atoms with Gasteiger partial charge < -0.3 is 5.32 Å². The van der Waals surface area contributed by atoms with E-state index in [4.69, 9.17) is 28.0 Å². The van der Waals surface area contributed by atoms with E-state index in [0.717, 1.165) is 12.3 Å². The quantitative estimate of drug-likeness (QED) is 0.844. The summed E-state index contributed by atoms with van der Waals surface area (Å²) in [5.74, 6) is 1.59. The molecule has 1 N–H and O–H groups in total. The minimum Gasteiger partial charge on any atom is -0.322 e. The molecule has 0 saturated heterocycles. The molecule has 0 atom stereocenters. The summed E-state index contributed by atoms with van der Waals surface area (Å²) in [6.45, 7) is 2.08. The van der Waals surface area contributed by atoms with Crippen molar-refractivity contribution in [3.05, 3.63) is 28.2 Å². The summed E-state index contributed by atoms with van der Waals surface area (Å²) in [7, 11) is 0. The first-order chi connectivity index (χ1) is 9.22. The Morgan fingerprint density at radius 2 is 2.16 bits per heavy atom. The van der Waals surface area contributed by atoms with E-state index in [1.165, 1.54) is 0 Å². The van der Waals surface area contributed by atoms with Crippen LogP contribution in [0.25, 0.3) is 0 Å². The van der Waals surface area contributed by atoms with E-state index in [-0.39, 0.29) is 0 Å². The Kier molecular flexibility index (Phi) is 5.63. The third kappa shape index (κ3) is 3.92. The third-order valence-corrected chi connectivity index (χ3v) is 3.74. The summed E-state index contributed by atoms with van der Waals surface area (Å²) in [6, 6.07) is 5.37. The molecule has 0 fully saturated rings. The second-order valence-corrected chi connectivity index (χ2v) is 5.66. The van der Waals surface area contributed by atoms with E-state index < -0.39 is 0 Å². The summed E-state index contributed by atoms with van der Waals surface area (Å²) in [6.07, 6.45) is 2.05. The van der Waals surface area contributed by atoms with Crippen molar-refractivity contribution in [2.24, 2.45) is 4.99 Å². The van der Waals surface area contributed by atoms with Crippen LogP contribution in [0.2, 0.25) is 10.0 Å². The van der Waals surface area contributed by atoms with Gasteiger partial charge in [-0.15, -0.1) is 0 Å². The Labute approximate surface area is 127 Å². The molecule has 1 aliphatic rings. The number of benzene rings is 1. The molecule has 0 saturated carbocycles. The van der Waals surface area contributed by atoms with Gasteiger partial charge in [-0.05, 0) is 18.4 Å². The average molecular weight is 320 g/mol. The lowest BCUT2D eigenvalue weighted by atomic mass is 10.3. The molecule has 1 aliphatic heterocycles. The second kappa shape index (κ2) is 7.24. The first-order valence-electron chi connectivity index (χ1n) is 5.87. The van der Waals surface area contributed by atoms with E-state index in [1.54, 1.807) is 35.0 Å². The van der Waals surface area contributed by atoms with Crippen LogP contribution in [0.4, 0.5) is 5.69 Å². The Hall–Kier alpha value is -0.620. The van der Waals surface area contributed by atoms with Crippen LogP contribution >= 0.6 is 35.0 Å². The number of para-hydroxylation sites is 1. The molecule has 4 nitrogen and oxygen atoms in total. The van der Waals surface area contributed by atoms with Crippen LogP contribution in [0.15, 0.2) is 23.2 Å². The standard InChI is InChI=1S/C12H15Cl2N3OS/c1-19-8-7-18-17-6-5-15-12(17)16-11-9(13)3-2-4-10(11)14/h2-4H,5-8H2,1H3,(H,15,16). The fourth-order valence-electron chi connectivity index (χ4n) is 1.62. The predicted octanol–water partition coefficient (Wildman–Crippen LogP) is 3.37. The molecule has 2 rings (SSSR count). The summed E-state index contributed by atoms with van der Waals surface area (Å²) in [4.78, 5) is 10.00. The molecule has 0 unspecified atom stereocenters. The average Bonchev–Trinajstić information content (AvgIpc) is 2.82. The van der Waals surface area contributed by atoms with Crippen molar-refractivity contribution in [1.82, 2.24) is 5.06 Å². The van der Waals surface area contributed by atoms with Crippen molar-refractivity contribution in [1.29, 1.82) is 0 Å². The van der Waals surface area contributed by atoms with Crippen LogP contribution in [-0.4, -0.2) is 42.7 Å². The van der Waals surface area contributed by atoms with E-state index in [0.29, 0.717) is 34.8 Å². The molecular weight excluding hydrogens is 305 g/mol. The molecule has 1 aromatic rings. The number of hydrogen-bond acceptors (Lipinski definition) is 5. The zero-order chi connectivity index (χ0) is 13.7. The highest BCUT2D eigenvalue weighted by Gasteiger charge is 2.19. The lowest BCUT2D eigenvalue weighted by Crippen LogP contribution is -2.34. The molecule has 7 heteroatoms. The molecule has 0 amide bonds. The van der Waals surface area contributed by atoms with Crippen molar-refractivity contribution in [3.63, 3.8) is 0 Å². The zero-order valence-electron chi connectivity index (χ0n) is 10.5. The molecule has 0 aromatic heterocycles. The molecule has 0 aliphatic carbocycles. The fourth-order valence-corrected chi connectivity index (χ4v) is 2.35. The van der Waals surface area contributed by atoms with E-state index in [9.17, 15) is 0 Å². The van der Waals surface area contributed by atoms with Crippen LogP contribution in [0, 0.1) is 0 Å². The lowest BCUT2D eigenvalue weighted by Gasteiger charge is -2.21. The van der Waals surface area contributed by atoms with Crippen molar-refractivity contribution >= 4 is 46.6 Å². The van der Waals surface area contributed by atoms with Crippen molar-refractivity contribution in [2.75, 3.05) is 37.0 Å². The number of guanidine groups is 1. The van der Waals surface area contributed by atoms with Gasteiger partial charge in [0.2, 0.25) is 5.96 Å². The monoisotopic (exact) mass is 319 g/mol. The van der Waals surface area contributed by atoms with Crippen LogP contribution in [-0.2, 0) is 4.84 Å². The van der Waals surface area contributed by atoms with Gasteiger partial charge in [0.1, 0.15) is 0 Å². The Morgan fingerprint density at radius 1 is 1.42 bits per heavy atom. The topological polar surface area (TPSA) is 36.9 Å². The predicted molar refractivity (Wildman–Crippen MR) is 83.4 cm³/mol. The lowest BCUT2D eigenvalue weighted by molar-refractivity contribution is -0.0833. The van der Waals surface area contributed by atoms with E-state index >= 15 is 0 Å². The Balaban J connectivity index is 2.01. The number of halogens is 2. The van der Waals surface area contributed by atoms with Gasteiger partial charge in [0, 0.05) is 5.75 Å². The van der Waals surface area contributed by atoms with Crippen LogP contribution in [0.1, 0.15) is 0 Å². The third-order valence-electron chi connectivity index (χ3n) is 2.54. The number of hydrogen-bond donors (Lipinski definition) is 1. The van der Waals surface area contributed by atoms with Gasteiger partial charge >= 0.3 is 0 Å². The SMILES string of the molecule is CSCCON1CCN=C1Nc1c(Cl)cccc1Cl. The van der Waals surface area contributed by atoms with Gasteiger partial charge in [0.15, 0.2) is 0 Å². The minimum atomic E-state index is 0.561. The van der Waals surface area contributed by atoms with Gasteiger partial charge in [0.25, 0.3) is 0 Å². The van der Waals surface area contributed by atoms with Crippen molar-refractivity contribution in [3.8, 4) is 0 Å². The highest BCUT2D eigenvalue weighted by Crippen LogP contribution is 2.30.